The molecule has 2 fully saturated rings. The summed E-state index contributed by atoms with van der Waals surface area (Å²) in [6.45, 7) is 24.2. The van der Waals surface area contributed by atoms with Crippen LogP contribution in [0, 0.1) is 13.8 Å². The molecule has 0 radical (unpaired) electrons. The molecule has 0 spiro atoms. The van der Waals surface area contributed by atoms with E-state index < -0.39 is 0 Å². The Hall–Kier alpha value is 2.70. The summed E-state index contributed by atoms with van der Waals surface area (Å²) >= 11 is 0. The molecule has 2 aliphatic rings. The van der Waals surface area contributed by atoms with Gasteiger partial charge in [-0.05, 0) is 114 Å². The van der Waals surface area contributed by atoms with Crippen molar-refractivity contribution in [1.82, 2.24) is 41.7 Å². The highest BCUT2D eigenvalue weighted by Crippen LogP contribution is 2.20. The Balaban J connectivity index is -0.000000356. The van der Waals surface area contributed by atoms with Crippen molar-refractivity contribution >= 4 is 136 Å². The molecular weight excluding hydrogens is 1130 g/mol. The number of benzene rings is 1. The normalized spacial score (nSPS) is 18.1. The van der Waals surface area contributed by atoms with Gasteiger partial charge in [-0.3, -0.25) is 9.80 Å². The zero-order valence-corrected chi connectivity index (χ0v) is 42.1. The molecule has 290 valence electrons. The van der Waals surface area contributed by atoms with Crippen LogP contribution in [0.2, 0.25) is 0 Å². The van der Waals surface area contributed by atoms with Gasteiger partial charge in [0.2, 0.25) is 0 Å². The number of nitrogens with zero attached hydrogens (tertiary/aromatic N) is 2. The lowest BCUT2D eigenvalue weighted by molar-refractivity contribution is 0.257. The van der Waals surface area contributed by atoms with Crippen LogP contribution < -0.4 is 31.9 Å². The molecule has 0 saturated carbocycles. The Morgan fingerprint density at radius 2 is 0.681 bits per heavy atom. The lowest BCUT2D eigenvalue weighted by atomic mass is 9.99. The number of rotatable bonds is 4. The van der Waals surface area contributed by atoms with E-state index >= 15 is 0 Å². The second-order valence-corrected chi connectivity index (χ2v) is 11.2. The summed E-state index contributed by atoms with van der Waals surface area (Å²) < 4.78 is 0. The fourth-order valence-corrected chi connectivity index (χ4v) is 5.41. The van der Waals surface area contributed by atoms with Gasteiger partial charge in [0.05, 0.1) is 0 Å². The molecule has 0 aromatic heterocycles. The smallest absolute Gasteiger partial charge is 0.0237 e. The molecule has 3 rings (SSSR count). The summed E-state index contributed by atoms with van der Waals surface area (Å²) in [5, 5.41) is 21.5. The molecule has 8 N–H and O–H groups in total. The van der Waals surface area contributed by atoms with E-state index in [2.05, 4.69) is 67.7 Å². The summed E-state index contributed by atoms with van der Waals surface area (Å²) in [7, 11) is 0. The van der Waals surface area contributed by atoms with Crippen molar-refractivity contribution in [2.24, 2.45) is 0 Å². The minimum Gasteiger partial charge on any atom is -0.412 e. The molecule has 2 aliphatic heterocycles. The number of nitrogens with one attached hydrogen (secondary N) is 6. The molecule has 47 heavy (non-hydrogen) atoms. The van der Waals surface area contributed by atoms with Crippen molar-refractivity contribution in [1.29, 1.82) is 0 Å². The molecule has 0 amide bonds. The number of aryl methyl sites for hydroxylation is 2. The largest absolute Gasteiger partial charge is 0.412 e. The van der Waals surface area contributed by atoms with Crippen LogP contribution in [-0.4, -0.2) is 120 Å². The van der Waals surface area contributed by atoms with Crippen LogP contribution in [0.15, 0.2) is 12.1 Å². The Morgan fingerprint density at radius 3 is 1.00 bits per heavy atom. The van der Waals surface area contributed by atoms with Gasteiger partial charge < -0.3 is 37.4 Å². The van der Waals surface area contributed by atoms with Crippen LogP contribution in [0.5, 0.6) is 0 Å². The van der Waals surface area contributed by atoms with Crippen molar-refractivity contribution in [3.8, 4) is 0 Å². The van der Waals surface area contributed by atoms with Crippen molar-refractivity contribution in [3.63, 3.8) is 0 Å². The lowest BCUT2D eigenvalue weighted by Gasteiger charge is -2.26. The number of halogens is 8. The minimum atomic E-state index is 0. The fourth-order valence-electron chi connectivity index (χ4n) is 5.41. The quantitative estimate of drug-likeness (QED) is 0.255. The van der Waals surface area contributed by atoms with Gasteiger partial charge in [0.25, 0.3) is 0 Å². The first-order valence-corrected chi connectivity index (χ1v) is 15.5. The van der Waals surface area contributed by atoms with E-state index in [9.17, 15) is 0 Å². The van der Waals surface area contributed by atoms with Crippen LogP contribution in [0.1, 0.15) is 47.9 Å². The summed E-state index contributed by atoms with van der Waals surface area (Å²) in [5.74, 6) is 0. The molecule has 2 saturated heterocycles. The van der Waals surface area contributed by atoms with E-state index in [0.717, 1.165) is 118 Å². The van der Waals surface area contributed by atoms with E-state index in [-0.39, 0.29) is 141 Å². The topological polar surface area (TPSA) is 110 Å². The van der Waals surface area contributed by atoms with E-state index in [1.807, 2.05) is 0 Å². The predicted molar refractivity (Wildman–Crippen MR) is 248 cm³/mol. The average molecular weight is 1200 g/mol. The molecule has 9 nitrogen and oxygen atoms in total. The second-order valence-electron chi connectivity index (χ2n) is 11.2. The van der Waals surface area contributed by atoms with Crippen LogP contribution >= 0.6 is 136 Å². The Bertz CT molecular complexity index is 691. The summed E-state index contributed by atoms with van der Waals surface area (Å²) in [6.07, 6.45) is 4.79. The van der Waals surface area contributed by atoms with Crippen molar-refractivity contribution in [2.45, 2.75) is 52.6 Å². The third-order valence-electron chi connectivity index (χ3n) is 7.82. The Morgan fingerprint density at radius 1 is 0.404 bits per heavy atom. The van der Waals surface area contributed by atoms with Crippen LogP contribution in [0.3, 0.4) is 0 Å². The Kier molecular flexibility index (Phi) is 59.3. The Labute approximate surface area is 371 Å². The molecule has 1 aromatic carbocycles. The highest BCUT2D eigenvalue weighted by molar-refractivity contribution is 8.93. The highest BCUT2D eigenvalue weighted by atomic mass is 79.9. The van der Waals surface area contributed by atoms with E-state index in [1.54, 1.807) is 0 Å². The first-order chi connectivity index (χ1) is 18.7. The first kappa shape index (κ1) is 64.6. The first-order valence-electron chi connectivity index (χ1n) is 15.5. The minimum absolute atomic E-state index is 0. The molecular formula is C30H68Br8N8O. The number of hydrogen-bond donors (Lipinski definition) is 6. The number of hydrogen-bond acceptors (Lipinski definition) is 8. The SMILES string of the molecule is Br.Br.Br.Br.Br.Br.Br.Br.Cc1cc(CN2CCCNCCNCCCNCC2)c(C)cc1CN1CCCNCCNCCCNCC1.O. The van der Waals surface area contributed by atoms with Crippen LogP contribution in [-0.2, 0) is 13.1 Å². The molecule has 0 unspecified atom stereocenters. The zero-order chi connectivity index (χ0) is 26.7. The third-order valence-corrected chi connectivity index (χ3v) is 7.82. The van der Waals surface area contributed by atoms with E-state index in [4.69, 9.17) is 0 Å². The third kappa shape index (κ3) is 30.8. The van der Waals surface area contributed by atoms with Gasteiger partial charge in [0.15, 0.2) is 0 Å². The van der Waals surface area contributed by atoms with Gasteiger partial charge in [-0.25, -0.2) is 0 Å². The molecule has 17 heteroatoms. The lowest BCUT2D eigenvalue weighted by Crippen LogP contribution is -2.37. The molecule has 2 heterocycles. The zero-order valence-electron chi connectivity index (χ0n) is 28.4. The summed E-state index contributed by atoms with van der Waals surface area (Å²) in [6, 6.07) is 4.95. The van der Waals surface area contributed by atoms with Gasteiger partial charge in [-0.15, -0.1) is 136 Å². The monoisotopic (exact) mass is 1190 g/mol. The second kappa shape index (κ2) is 43.1. The van der Waals surface area contributed by atoms with Gasteiger partial charge in [0, 0.05) is 65.4 Å². The summed E-state index contributed by atoms with van der Waals surface area (Å²) in [5.41, 5.74) is 5.86. The van der Waals surface area contributed by atoms with Crippen LogP contribution in [0.4, 0.5) is 0 Å². The molecule has 0 aliphatic carbocycles. The summed E-state index contributed by atoms with van der Waals surface area (Å²) in [4.78, 5) is 5.30. The van der Waals surface area contributed by atoms with Crippen molar-refractivity contribution < 1.29 is 5.48 Å². The van der Waals surface area contributed by atoms with E-state index in [0.29, 0.717) is 0 Å². The van der Waals surface area contributed by atoms with E-state index in [1.165, 1.54) is 47.9 Å². The van der Waals surface area contributed by atoms with Gasteiger partial charge in [-0.2, -0.15) is 0 Å². The van der Waals surface area contributed by atoms with Crippen LogP contribution in [0.25, 0.3) is 0 Å². The highest BCUT2D eigenvalue weighted by Gasteiger charge is 2.13. The standard InChI is InChI=1S/C30H58N8.8BrH.H2O/c1-27-23-30(26-38-20-6-12-34-16-14-32-8-4-10-36-18-22-38)28(2)24-29(27)25-37-19-5-11-33-15-13-31-7-3-9-35-17-21-37;;;;;;;;;/h23-24,31-36H,3-22,25-26H2,1-2H3;8*1H;1H2. The maximum Gasteiger partial charge on any atom is 0.0237 e. The van der Waals surface area contributed by atoms with Gasteiger partial charge >= 0.3 is 0 Å². The maximum absolute atomic E-state index is 3.65. The predicted octanol–water partition coefficient (Wildman–Crippen LogP) is 4.83. The molecule has 0 bridgehead atoms. The average Bonchev–Trinajstić information content (AvgIpc) is 2.91. The maximum atomic E-state index is 3.65. The fraction of sp³-hybridized carbons (Fsp3) is 0.800. The van der Waals surface area contributed by atoms with Crippen molar-refractivity contribution in [2.75, 3.05) is 105 Å². The van der Waals surface area contributed by atoms with Gasteiger partial charge in [0.1, 0.15) is 0 Å². The van der Waals surface area contributed by atoms with Crippen molar-refractivity contribution in [3.05, 3.63) is 34.4 Å². The molecule has 1 aromatic rings. The van der Waals surface area contributed by atoms with Gasteiger partial charge in [-0.1, -0.05) is 12.1 Å². The molecule has 0 atom stereocenters.